The van der Waals surface area contributed by atoms with E-state index < -0.39 is 0 Å². The zero-order valence-electron chi connectivity index (χ0n) is 12.4. The zero-order valence-corrected chi connectivity index (χ0v) is 12.4. The van der Waals surface area contributed by atoms with Crippen molar-refractivity contribution in [2.45, 2.75) is 6.92 Å². The fourth-order valence-electron chi connectivity index (χ4n) is 2.52. The lowest BCUT2D eigenvalue weighted by Gasteiger charge is -2.07. The molecule has 3 aromatic rings. The molecule has 0 aliphatic carbocycles. The average Bonchev–Trinajstić information content (AvgIpc) is 3.02. The maximum absolute atomic E-state index is 12.5. The summed E-state index contributed by atoms with van der Waals surface area (Å²) in [5.41, 5.74) is 4.19. The summed E-state index contributed by atoms with van der Waals surface area (Å²) >= 11 is 0. The van der Waals surface area contributed by atoms with Crippen LogP contribution in [-0.2, 0) is 4.74 Å². The summed E-state index contributed by atoms with van der Waals surface area (Å²) in [5.74, 6) is -0.304. The second-order valence-corrected chi connectivity index (χ2v) is 4.90. The highest BCUT2D eigenvalue weighted by atomic mass is 16.5. The van der Waals surface area contributed by atoms with Gasteiger partial charge < -0.3 is 9.72 Å². The van der Waals surface area contributed by atoms with E-state index in [9.17, 15) is 4.79 Å². The van der Waals surface area contributed by atoms with Crippen LogP contribution in [0.5, 0.6) is 0 Å². The number of hydrogen-bond acceptors (Lipinski definition) is 2. The number of aromatic nitrogens is 1. The van der Waals surface area contributed by atoms with E-state index in [1.807, 2.05) is 73.8 Å². The molecule has 0 unspecified atom stereocenters. The second-order valence-electron chi connectivity index (χ2n) is 4.90. The van der Waals surface area contributed by atoms with Crippen molar-refractivity contribution in [2.75, 3.05) is 6.61 Å². The number of esters is 1. The molecule has 22 heavy (non-hydrogen) atoms. The lowest BCUT2D eigenvalue weighted by molar-refractivity contribution is 0.0528. The van der Waals surface area contributed by atoms with Crippen LogP contribution in [0.4, 0.5) is 0 Å². The zero-order chi connectivity index (χ0) is 15.4. The Bertz CT molecular complexity index is 704. The van der Waals surface area contributed by atoms with Gasteiger partial charge in [0, 0.05) is 11.8 Å². The first-order chi connectivity index (χ1) is 10.8. The Morgan fingerprint density at radius 2 is 1.55 bits per heavy atom. The summed E-state index contributed by atoms with van der Waals surface area (Å²) in [7, 11) is 0. The van der Waals surface area contributed by atoms with E-state index >= 15 is 0 Å². The molecule has 110 valence electrons. The highest BCUT2D eigenvalue weighted by molar-refractivity contribution is 6.03. The molecule has 1 heterocycles. The molecule has 0 radical (unpaired) electrons. The molecular formula is C19H17NO2. The van der Waals surface area contributed by atoms with Gasteiger partial charge in [-0.2, -0.15) is 0 Å². The van der Waals surface area contributed by atoms with Crippen molar-refractivity contribution < 1.29 is 9.53 Å². The third-order valence-electron chi connectivity index (χ3n) is 3.51. The lowest BCUT2D eigenvalue weighted by Crippen LogP contribution is -2.06. The van der Waals surface area contributed by atoms with E-state index in [0.29, 0.717) is 12.2 Å². The average molecular weight is 291 g/mol. The number of carbonyl (C=O) groups excluding carboxylic acids is 1. The lowest BCUT2D eigenvalue weighted by atomic mass is 10.00. The topological polar surface area (TPSA) is 42.1 Å². The van der Waals surface area contributed by atoms with Gasteiger partial charge in [0.15, 0.2) is 0 Å². The third kappa shape index (κ3) is 2.66. The van der Waals surface area contributed by atoms with Gasteiger partial charge in [0.1, 0.15) is 0 Å². The summed E-state index contributed by atoms with van der Waals surface area (Å²) in [6.45, 7) is 2.17. The normalized spacial score (nSPS) is 10.4. The molecule has 0 amide bonds. The molecule has 1 N–H and O–H groups in total. The van der Waals surface area contributed by atoms with Crippen LogP contribution in [0.15, 0.2) is 66.9 Å². The van der Waals surface area contributed by atoms with Crippen LogP contribution in [0.25, 0.3) is 22.4 Å². The molecule has 2 aromatic carbocycles. The molecule has 1 aromatic heterocycles. The van der Waals surface area contributed by atoms with Crippen molar-refractivity contribution in [1.82, 2.24) is 4.98 Å². The Balaban J connectivity index is 2.16. The van der Waals surface area contributed by atoms with Gasteiger partial charge in [-0.1, -0.05) is 60.7 Å². The Kier molecular flexibility index (Phi) is 4.05. The minimum atomic E-state index is -0.304. The van der Waals surface area contributed by atoms with E-state index in [1.54, 1.807) is 0 Å². The first-order valence-electron chi connectivity index (χ1n) is 7.30. The molecule has 3 nitrogen and oxygen atoms in total. The molecule has 3 heteroatoms. The fraction of sp³-hybridized carbons (Fsp3) is 0.105. The Labute approximate surface area is 129 Å². The SMILES string of the molecule is CCOC(=O)c1c(-c2ccccc2)c[nH]c1-c1ccccc1. The van der Waals surface area contributed by atoms with E-state index in [2.05, 4.69) is 4.98 Å². The summed E-state index contributed by atoms with van der Waals surface area (Å²) in [4.78, 5) is 15.7. The minimum absolute atomic E-state index is 0.304. The predicted octanol–water partition coefficient (Wildman–Crippen LogP) is 4.53. The Morgan fingerprint density at radius 3 is 2.14 bits per heavy atom. The van der Waals surface area contributed by atoms with E-state index in [1.165, 1.54) is 0 Å². The smallest absolute Gasteiger partial charge is 0.340 e. The van der Waals surface area contributed by atoms with Gasteiger partial charge in [0.25, 0.3) is 0 Å². The number of H-pyrrole nitrogens is 1. The van der Waals surface area contributed by atoms with Gasteiger partial charge in [-0.25, -0.2) is 4.79 Å². The van der Waals surface area contributed by atoms with Crippen molar-refractivity contribution in [3.05, 3.63) is 72.4 Å². The molecular weight excluding hydrogens is 274 g/mol. The third-order valence-corrected chi connectivity index (χ3v) is 3.51. The van der Waals surface area contributed by atoms with Crippen molar-refractivity contribution in [3.63, 3.8) is 0 Å². The monoisotopic (exact) mass is 291 g/mol. The summed E-state index contributed by atoms with van der Waals surface area (Å²) in [6, 6.07) is 19.7. The van der Waals surface area contributed by atoms with Crippen LogP contribution < -0.4 is 0 Å². The molecule has 0 atom stereocenters. The maximum atomic E-state index is 12.5. The number of aromatic amines is 1. The molecule has 0 aliphatic rings. The first-order valence-corrected chi connectivity index (χ1v) is 7.30. The van der Waals surface area contributed by atoms with E-state index in [-0.39, 0.29) is 5.97 Å². The van der Waals surface area contributed by atoms with Crippen LogP contribution in [0.2, 0.25) is 0 Å². The van der Waals surface area contributed by atoms with Crippen LogP contribution in [0.1, 0.15) is 17.3 Å². The van der Waals surface area contributed by atoms with Gasteiger partial charge in [0.2, 0.25) is 0 Å². The van der Waals surface area contributed by atoms with Crippen molar-refractivity contribution >= 4 is 5.97 Å². The van der Waals surface area contributed by atoms with Gasteiger partial charge in [0.05, 0.1) is 17.9 Å². The predicted molar refractivity (Wildman–Crippen MR) is 87.6 cm³/mol. The van der Waals surface area contributed by atoms with Gasteiger partial charge >= 0.3 is 5.97 Å². The number of carbonyl (C=O) groups is 1. The number of hydrogen-bond donors (Lipinski definition) is 1. The number of ether oxygens (including phenoxy) is 1. The van der Waals surface area contributed by atoms with Gasteiger partial charge in [-0.05, 0) is 18.1 Å². The molecule has 3 rings (SSSR count). The minimum Gasteiger partial charge on any atom is -0.462 e. The summed E-state index contributed by atoms with van der Waals surface area (Å²) < 4.78 is 5.25. The molecule has 0 aliphatic heterocycles. The standard InChI is InChI=1S/C19H17NO2/c1-2-22-19(21)17-16(14-9-5-3-6-10-14)13-20-18(17)15-11-7-4-8-12-15/h3-13,20H,2H2,1H3. The Morgan fingerprint density at radius 1 is 0.955 bits per heavy atom. The Hall–Kier alpha value is -2.81. The molecule has 0 bridgehead atoms. The van der Waals surface area contributed by atoms with Gasteiger partial charge in [-0.15, -0.1) is 0 Å². The van der Waals surface area contributed by atoms with Crippen LogP contribution in [0, 0.1) is 0 Å². The highest BCUT2D eigenvalue weighted by Crippen LogP contribution is 2.32. The molecule has 0 spiro atoms. The summed E-state index contributed by atoms with van der Waals surface area (Å²) in [5, 5.41) is 0. The molecule has 0 fully saturated rings. The first kappa shape index (κ1) is 14.1. The van der Waals surface area contributed by atoms with Crippen LogP contribution >= 0.6 is 0 Å². The van der Waals surface area contributed by atoms with Crippen LogP contribution in [-0.4, -0.2) is 17.6 Å². The number of benzene rings is 2. The van der Waals surface area contributed by atoms with Crippen LogP contribution in [0.3, 0.4) is 0 Å². The largest absolute Gasteiger partial charge is 0.462 e. The van der Waals surface area contributed by atoms with E-state index in [0.717, 1.165) is 22.4 Å². The molecule has 0 saturated carbocycles. The molecule has 0 saturated heterocycles. The maximum Gasteiger partial charge on any atom is 0.340 e. The van der Waals surface area contributed by atoms with Gasteiger partial charge in [-0.3, -0.25) is 0 Å². The highest BCUT2D eigenvalue weighted by Gasteiger charge is 2.21. The van der Waals surface area contributed by atoms with Crippen molar-refractivity contribution in [1.29, 1.82) is 0 Å². The second kappa shape index (κ2) is 6.31. The quantitative estimate of drug-likeness (QED) is 0.718. The number of nitrogens with one attached hydrogen (secondary N) is 1. The number of rotatable bonds is 4. The fourth-order valence-corrected chi connectivity index (χ4v) is 2.52. The van der Waals surface area contributed by atoms with Crippen molar-refractivity contribution in [2.24, 2.45) is 0 Å². The summed E-state index contributed by atoms with van der Waals surface area (Å²) in [6.07, 6.45) is 1.86. The van der Waals surface area contributed by atoms with E-state index in [4.69, 9.17) is 4.74 Å². The van der Waals surface area contributed by atoms with Crippen molar-refractivity contribution in [3.8, 4) is 22.4 Å².